The van der Waals surface area contributed by atoms with E-state index in [4.69, 9.17) is 5.73 Å². The highest BCUT2D eigenvalue weighted by Crippen LogP contribution is 2.27. The minimum Gasteiger partial charge on any atom is -0.393 e. The van der Waals surface area contributed by atoms with E-state index in [1.54, 1.807) is 4.90 Å². The second-order valence-corrected chi connectivity index (χ2v) is 4.11. The molecule has 0 radical (unpaired) electrons. The standard InChI is InChI=1S/C9H16N2O2/c10-7-5-11(9(7)13)4-6-2-1-3-8(6)12/h6-8,12H,1-5,10H2. The first-order valence-electron chi connectivity index (χ1n) is 4.91. The topological polar surface area (TPSA) is 66.6 Å². The van der Waals surface area contributed by atoms with Gasteiger partial charge in [-0.2, -0.15) is 0 Å². The van der Waals surface area contributed by atoms with Gasteiger partial charge in [0.1, 0.15) is 6.04 Å². The van der Waals surface area contributed by atoms with E-state index in [1.165, 1.54) is 0 Å². The van der Waals surface area contributed by atoms with Crippen LogP contribution in [-0.4, -0.2) is 41.1 Å². The van der Waals surface area contributed by atoms with Gasteiger partial charge in [-0.1, -0.05) is 6.42 Å². The quantitative estimate of drug-likeness (QED) is 0.559. The molecule has 2 aliphatic rings. The maximum absolute atomic E-state index is 11.2. The van der Waals surface area contributed by atoms with Crippen LogP contribution in [0.1, 0.15) is 19.3 Å². The van der Waals surface area contributed by atoms with Gasteiger partial charge in [-0.15, -0.1) is 0 Å². The summed E-state index contributed by atoms with van der Waals surface area (Å²) >= 11 is 0. The first kappa shape index (κ1) is 8.97. The van der Waals surface area contributed by atoms with Crippen molar-refractivity contribution in [3.05, 3.63) is 0 Å². The van der Waals surface area contributed by atoms with Gasteiger partial charge in [-0.05, 0) is 12.8 Å². The van der Waals surface area contributed by atoms with Crippen LogP contribution in [0.25, 0.3) is 0 Å². The molecule has 4 heteroatoms. The molecule has 0 aromatic heterocycles. The Balaban J connectivity index is 1.82. The fraction of sp³-hybridized carbons (Fsp3) is 0.889. The Labute approximate surface area is 77.7 Å². The minimum absolute atomic E-state index is 0.0408. The number of aliphatic hydroxyl groups is 1. The van der Waals surface area contributed by atoms with E-state index in [-0.39, 0.29) is 24.0 Å². The number of carbonyl (C=O) groups is 1. The van der Waals surface area contributed by atoms with Crippen molar-refractivity contribution in [1.29, 1.82) is 0 Å². The molecule has 2 fully saturated rings. The van der Waals surface area contributed by atoms with Crippen LogP contribution in [0.2, 0.25) is 0 Å². The van der Waals surface area contributed by atoms with E-state index >= 15 is 0 Å². The summed E-state index contributed by atoms with van der Waals surface area (Å²) in [7, 11) is 0. The zero-order valence-electron chi connectivity index (χ0n) is 7.65. The lowest BCUT2D eigenvalue weighted by Gasteiger charge is -2.38. The molecule has 1 saturated heterocycles. The molecule has 1 amide bonds. The zero-order chi connectivity index (χ0) is 9.42. The molecule has 2 rings (SSSR count). The molecular formula is C9H16N2O2. The van der Waals surface area contributed by atoms with Crippen LogP contribution in [0.15, 0.2) is 0 Å². The van der Waals surface area contributed by atoms with Crippen molar-refractivity contribution in [3.8, 4) is 0 Å². The van der Waals surface area contributed by atoms with Crippen molar-refractivity contribution < 1.29 is 9.90 Å². The van der Waals surface area contributed by atoms with Crippen molar-refractivity contribution in [3.63, 3.8) is 0 Å². The van der Waals surface area contributed by atoms with E-state index in [9.17, 15) is 9.90 Å². The number of nitrogens with zero attached hydrogens (tertiary/aromatic N) is 1. The Morgan fingerprint density at radius 2 is 2.31 bits per heavy atom. The van der Waals surface area contributed by atoms with Gasteiger partial charge < -0.3 is 15.7 Å². The Morgan fingerprint density at radius 1 is 1.54 bits per heavy atom. The Kier molecular flexibility index (Phi) is 2.26. The highest BCUT2D eigenvalue weighted by Gasteiger charge is 2.37. The zero-order valence-corrected chi connectivity index (χ0v) is 7.65. The molecule has 1 saturated carbocycles. The number of nitrogens with two attached hydrogens (primary N) is 1. The fourth-order valence-electron chi connectivity index (χ4n) is 2.21. The SMILES string of the molecule is NC1CN(CC2CCCC2O)C1=O. The molecule has 0 bridgehead atoms. The highest BCUT2D eigenvalue weighted by atomic mass is 16.3. The smallest absolute Gasteiger partial charge is 0.241 e. The summed E-state index contributed by atoms with van der Waals surface area (Å²) in [6, 6.07) is -0.279. The molecule has 3 atom stereocenters. The maximum atomic E-state index is 11.2. The summed E-state index contributed by atoms with van der Waals surface area (Å²) in [6.07, 6.45) is 2.81. The lowest BCUT2D eigenvalue weighted by molar-refractivity contribution is -0.143. The third kappa shape index (κ3) is 1.56. The van der Waals surface area contributed by atoms with Crippen LogP contribution in [0.4, 0.5) is 0 Å². The lowest BCUT2D eigenvalue weighted by atomic mass is 10.0. The molecular weight excluding hydrogens is 168 g/mol. The van der Waals surface area contributed by atoms with Gasteiger partial charge in [0.05, 0.1) is 6.10 Å². The van der Waals surface area contributed by atoms with Gasteiger partial charge in [0.2, 0.25) is 5.91 Å². The normalized spacial score (nSPS) is 39.4. The van der Waals surface area contributed by atoms with Gasteiger partial charge in [-0.25, -0.2) is 0 Å². The van der Waals surface area contributed by atoms with Crippen LogP contribution >= 0.6 is 0 Å². The van der Waals surface area contributed by atoms with Crippen LogP contribution < -0.4 is 5.73 Å². The number of β-lactam (4-membered cyclic amide) rings is 1. The average molecular weight is 184 g/mol. The molecule has 13 heavy (non-hydrogen) atoms. The molecule has 1 aliphatic heterocycles. The number of hydrogen-bond acceptors (Lipinski definition) is 3. The summed E-state index contributed by atoms with van der Waals surface area (Å²) in [5.74, 6) is 0.329. The van der Waals surface area contributed by atoms with E-state index in [2.05, 4.69) is 0 Å². The average Bonchev–Trinajstić information content (AvgIpc) is 2.51. The second-order valence-electron chi connectivity index (χ2n) is 4.11. The van der Waals surface area contributed by atoms with E-state index in [0.29, 0.717) is 13.1 Å². The predicted octanol–water partition coefficient (Wildman–Crippen LogP) is -0.683. The van der Waals surface area contributed by atoms with E-state index < -0.39 is 0 Å². The molecule has 0 aromatic rings. The molecule has 3 unspecified atom stereocenters. The minimum atomic E-state index is -0.279. The third-order valence-corrected chi connectivity index (χ3v) is 3.12. The second kappa shape index (κ2) is 3.27. The molecule has 0 aromatic carbocycles. The molecule has 0 spiro atoms. The monoisotopic (exact) mass is 184 g/mol. The summed E-state index contributed by atoms with van der Waals surface area (Å²) in [4.78, 5) is 12.9. The first-order valence-corrected chi connectivity index (χ1v) is 4.91. The molecule has 3 N–H and O–H groups in total. The van der Waals surface area contributed by atoms with Crippen molar-refractivity contribution in [2.45, 2.75) is 31.4 Å². The summed E-state index contributed by atoms with van der Waals surface area (Å²) < 4.78 is 0. The van der Waals surface area contributed by atoms with E-state index in [1.807, 2.05) is 0 Å². The molecule has 1 heterocycles. The maximum Gasteiger partial charge on any atom is 0.241 e. The van der Waals surface area contributed by atoms with Gasteiger partial charge in [-0.3, -0.25) is 4.79 Å². The Hall–Kier alpha value is -0.610. The van der Waals surface area contributed by atoms with Crippen LogP contribution in [0.5, 0.6) is 0 Å². The lowest BCUT2D eigenvalue weighted by Crippen LogP contribution is -2.62. The Morgan fingerprint density at radius 3 is 2.77 bits per heavy atom. The Bertz CT molecular complexity index is 220. The summed E-state index contributed by atoms with van der Waals surface area (Å²) in [6.45, 7) is 1.37. The fourth-order valence-corrected chi connectivity index (χ4v) is 2.21. The van der Waals surface area contributed by atoms with Crippen LogP contribution in [0, 0.1) is 5.92 Å². The predicted molar refractivity (Wildman–Crippen MR) is 47.9 cm³/mol. The largest absolute Gasteiger partial charge is 0.393 e. The van der Waals surface area contributed by atoms with Crippen molar-refractivity contribution >= 4 is 5.91 Å². The number of aliphatic hydroxyl groups excluding tert-OH is 1. The number of rotatable bonds is 2. The summed E-state index contributed by atoms with van der Waals surface area (Å²) in [5.41, 5.74) is 5.47. The number of hydrogen-bond donors (Lipinski definition) is 2. The molecule has 74 valence electrons. The van der Waals surface area contributed by atoms with Gasteiger partial charge in [0.25, 0.3) is 0 Å². The van der Waals surface area contributed by atoms with Crippen molar-refractivity contribution in [2.24, 2.45) is 11.7 Å². The first-order chi connectivity index (χ1) is 6.18. The number of carbonyl (C=O) groups excluding carboxylic acids is 1. The summed E-state index contributed by atoms with van der Waals surface area (Å²) in [5, 5.41) is 9.54. The number of likely N-dealkylation sites (tertiary alicyclic amines) is 1. The van der Waals surface area contributed by atoms with Crippen LogP contribution in [0.3, 0.4) is 0 Å². The molecule has 1 aliphatic carbocycles. The third-order valence-electron chi connectivity index (χ3n) is 3.12. The van der Waals surface area contributed by atoms with Crippen molar-refractivity contribution in [1.82, 2.24) is 4.90 Å². The van der Waals surface area contributed by atoms with E-state index in [0.717, 1.165) is 19.3 Å². The van der Waals surface area contributed by atoms with Crippen LogP contribution in [-0.2, 0) is 4.79 Å². The molecule has 4 nitrogen and oxygen atoms in total. The number of amides is 1. The van der Waals surface area contributed by atoms with Gasteiger partial charge in [0, 0.05) is 19.0 Å². The van der Waals surface area contributed by atoms with Gasteiger partial charge in [0.15, 0.2) is 0 Å². The van der Waals surface area contributed by atoms with Crippen molar-refractivity contribution in [2.75, 3.05) is 13.1 Å². The highest BCUT2D eigenvalue weighted by molar-refractivity contribution is 5.87. The van der Waals surface area contributed by atoms with Gasteiger partial charge >= 0.3 is 0 Å².